The summed E-state index contributed by atoms with van der Waals surface area (Å²) in [5, 5.41) is 8.68. The van der Waals surface area contributed by atoms with Gasteiger partial charge in [0.2, 0.25) is 0 Å². The Morgan fingerprint density at radius 1 is 1.19 bits per heavy atom. The molecular weight excluding hydrogens is 304 g/mol. The number of alkyl halides is 6. The number of anilines is 1. The smallest absolute Gasteiger partial charge is 0.418 e. The van der Waals surface area contributed by atoms with Crippen LogP contribution in [0.15, 0.2) is 18.2 Å². The van der Waals surface area contributed by atoms with Crippen molar-refractivity contribution in [2.45, 2.75) is 18.8 Å². The van der Waals surface area contributed by atoms with Gasteiger partial charge in [0.05, 0.1) is 17.5 Å². The van der Waals surface area contributed by atoms with Gasteiger partial charge in [-0.2, -0.15) is 26.3 Å². The van der Waals surface area contributed by atoms with Gasteiger partial charge in [0.1, 0.15) is 0 Å². The van der Waals surface area contributed by atoms with E-state index in [0.717, 1.165) is 24.1 Å². The average Bonchev–Trinajstić information content (AvgIpc) is 2.33. The van der Waals surface area contributed by atoms with Gasteiger partial charge in [-0.15, -0.1) is 0 Å². The number of nitrogens with zero attached hydrogens (tertiary/aromatic N) is 1. The molecule has 0 aliphatic heterocycles. The largest absolute Gasteiger partial charge is 0.478 e. The SMILES string of the molecule is CN(CCC(F)(F)F)c1ccc(C(=O)O)cc1C(F)(F)F. The van der Waals surface area contributed by atoms with E-state index in [-0.39, 0.29) is 0 Å². The highest BCUT2D eigenvalue weighted by Gasteiger charge is 2.36. The van der Waals surface area contributed by atoms with Gasteiger partial charge >= 0.3 is 18.3 Å². The Morgan fingerprint density at radius 2 is 1.76 bits per heavy atom. The highest BCUT2D eigenvalue weighted by molar-refractivity contribution is 5.88. The van der Waals surface area contributed by atoms with E-state index in [1.807, 2.05) is 0 Å². The van der Waals surface area contributed by atoms with E-state index < -0.39 is 48.1 Å². The maximum absolute atomic E-state index is 12.9. The summed E-state index contributed by atoms with van der Waals surface area (Å²) in [7, 11) is 1.08. The lowest BCUT2D eigenvalue weighted by molar-refractivity contribution is -0.137. The molecule has 1 aromatic carbocycles. The Morgan fingerprint density at radius 3 is 2.19 bits per heavy atom. The first-order valence-electron chi connectivity index (χ1n) is 5.64. The number of halogens is 6. The highest BCUT2D eigenvalue weighted by atomic mass is 19.4. The van der Waals surface area contributed by atoms with Crippen LogP contribution in [0, 0.1) is 0 Å². The van der Waals surface area contributed by atoms with Crippen molar-refractivity contribution in [3.8, 4) is 0 Å². The Balaban J connectivity index is 3.14. The van der Waals surface area contributed by atoms with Crippen molar-refractivity contribution in [2.75, 3.05) is 18.5 Å². The van der Waals surface area contributed by atoms with Crippen molar-refractivity contribution in [3.05, 3.63) is 29.3 Å². The molecule has 0 unspecified atom stereocenters. The van der Waals surface area contributed by atoms with Crippen LogP contribution in [0.3, 0.4) is 0 Å². The molecule has 0 heterocycles. The summed E-state index contributed by atoms with van der Waals surface area (Å²) in [6.07, 6.45) is -10.6. The molecule has 9 heteroatoms. The Labute approximate surface area is 115 Å². The number of hydrogen-bond acceptors (Lipinski definition) is 2. The predicted octanol–water partition coefficient (Wildman–Crippen LogP) is 3.79. The number of carboxylic acids is 1. The number of carboxylic acid groups (broad SMARTS) is 1. The van der Waals surface area contributed by atoms with Crippen molar-refractivity contribution in [2.24, 2.45) is 0 Å². The molecule has 0 aliphatic carbocycles. The minimum Gasteiger partial charge on any atom is -0.478 e. The van der Waals surface area contributed by atoms with Crippen LogP contribution in [0.5, 0.6) is 0 Å². The second-order valence-corrected chi connectivity index (χ2v) is 4.32. The van der Waals surface area contributed by atoms with Crippen LogP contribution in [0.2, 0.25) is 0 Å². The molecule has 21 heavy (non-hydrogen) atoms. The molecule has 1 aromatic rings. The lowest BCUT2D eigenvalue weighted by Crippen LogP contribution is -2.26. The number of benzene rings is 1. The van der Waals surface area contributed by atoms with E-state index in [1.54, 1.807) is 0 Å². The summed E-state index contributed by atoms with van der Waals surface area (Å²) in [4.78, 5) is 11.5. The van der Waals surface area contributed by atoms with Crippen molar-refractivity contribution >= 4 is 11.7 Å². The van der Waals surface area contributed by atoms with Gasteiger partial charge in [0, 0.05) is 19.3 Å². The molecule has 0 fully saturated rings. The fourth-order valence-corrected chi connectivity index (χ4v) is 1.64. The molecule has 1 rings (SSSR count). The Hall–Kier alpha value is -1.93. The van der Waals surface area contributed by atoms with Crippen LogP contribution < -0.4 is 4.90 Å². The van der Waals surface area contributed by atoms with Crippen molar-refractivity contribution in [1.82, 2.24) is 0 Å². The molecule has 0 bridgehead atoms. The zero-order valence-electron chi connectivity index (χ0n) is 10.7. The van der Waals surface area contributed by atoms with Gasteiger partial charge in [-0.05, 0) is 18.2 Å². The molecule has 0 aliphatic rings. The molecular formula is C12H11F6NO2. The van der Waals surface area contributed by atoms with Crippen molar-refractivity contribution in [3.63, 3.8) is 0 Å². The third-order valence-electron chi connectivity index (χ3n) is 2.69. The molecule has 1 N–H and O–H groups in total. The molecule has 0 aromatic heterocycles. The number of hydrogen-bond donors (Lipinski definition) is 1. The standard InChI is InChI=1S/C12H11F6NO2/c1-19(5-4-11(13,14)15)9-3-2-7(10(20)21)6-8(9)12(16,17)18/h2-3,6H,4-5H2,1H3,(H,20,21). The number of rotatable bonds is 4. The monoisotopic (exact) mass is 315 g/mol. The predicted molar refractivity (Wildman–Crippen MR) is 62.3 cm³/mol. The lowest BCUT2D eigenvalue weighted by atomic mass is 10.1. The van der Waals surface area contributed by atoms with Crippen molar-refractivity contribution in [1.29, 1.82) is 0 Å². The second kappa shape index (κ2) is 5.82. The minimum atomic E-state index is -4.87. The minimum absolute atomic E-state index is 0.405. The molecule has 0 atom stereocenters. The maximum Gasteiger partial charge on any atom is 0.418 e. The molecule has 0 saturated carbocycles. The Kier molecular flexibility index (Phi) is 4.75. The highest BCUT2D eigenvalue weighted by Crippen LogP contribution is 2.37. The molecule has 0 radical (unpaired) electrons. The molecule has 0 saturated heterocycles. The summed E-state index contributed by atoms with van der Waals surface area (Å²) in [5.74, 6) is -1.55. The zero-order chi connectivity index (χ0) is 16.4. The molecule has 0 amide bonds. The van der Waals surface area contributed by atoms with Crippen molar-refractivity contribution < 1.29 is 36.2 Å². The second-order valence-electron chi connectivity index (χ2n) is 4.32. The summed E-state index contributed by atoms with van der Waals surface area (Å²) in [6, 6.07) is 2.17. The first-order valence-corrected chi connectivity index (χ1v) is 5.64. The molecule has 118 valence electrons. The van der Waals surface area contributed by atoms with Crippen LogP contribution in [0.25, 0.3) is 0 Å². The number of carbonyl (C=O) groups is 1. The van der Waals surface area contributed by atoms with E-state index >= 15 is 0 Å². The van der Waals surface area contributed by atoms with Crippen LogP contribution in [0.4, 0.5) is 32.0 Å². The third-order valence-corrected chi connectivity index (χ3v) is 2.69. The van der Waals surface area contributed by atoms with Gasteiger partial charge in [-0.3, -0.25) is 0 Å². The third kappa shape index (κ3) is 4.83. The van der Waals surface area contributed by atoms with Gasteiger partial charge in [0.25, 0.3) is 0 Å². The summed E-state index contributed by atoms with van der Waals surface area (Å²) >= 11 is 0. The average molecular weight is 315 g/mol. The van der Waals surface area contributed by atoms with E-state index in [0.29, 0.717) is 6.07 Å². The fraction of sp³-hybridized carbons (Fsp3) is 0.417. The first kappa shape index (κ1) is 17.1. The quantitative estimate of drug-likeness (QED) is 0.859. The van der Waals surface area contributed by atoms with E-state index in [1.165, 1.54) is 0 Å². The summed E-state index contributed by atoms with van der Waals surface area (Å²) in [5.41, 5.74) is -2.38. The zero-order valence-corrected chi connectivity index (χ0v) is 10.7. The van der Waals surface area contributed by atoms with Crippen LogP contribution in [-0.4, -0.2) is 30.8 Å². The molecule has 3 nitrogen and oxygen atoms in total. The molecule has 0 spiro atoms. The van der Waals surface area contributed by atoms with E-state index in [4.69, 9.17) is 5.11 Å². The van der Waals surface area contributed by atoms with Crippen LogP contribution in [0.1, 0.15) is 22.3 Å². The Bertz CT molecular complexity index is 523. The topological polar surface area (TPSA) is 40.5 Å². The van der Waals surface area contributed by atoms with Gasteiger partial charge in [0.15, 0.2) is 0 Å². The first-order chi connectivity index (χ1) is 9.42. The lowest BCUT2D eigenvalue weighted by Gasteiger charge is -2.24. The van der Waals surface area contributed by atoms with E-state index in [9.17, 15) is 31.1 Å². The van der Waals surface area contributed by atoms with Gasteiger partial charge in [-0.25, -0.2) is 4.79 Å². The summed E-state index contributed by atoms with van der Waals surface area (Å²) < 4.78 is 75.0. The summed E-state index contributed by atoms with van der Waals surface area (Å²) in [6.45, 7) is -0.668. The van der Waals surface area contributed by atoms with E-state index in [2.05, 4.69) is 0 Å². The van der Waals surface area contributed by atoms with Gasteiger partial charge in [-0.1, -0.05) is 0 Å². The van der Waals surface area contributed by atoms with Crippen LogP contribution >= 0.6 is 0 Å². The fourth-order valence-electron chi connectivity index (χ4n) is 1.64. The van der Waals surface area contributed by atoms with Gasteiger partial charge < -0.3 is 10.0 Å². The maximum atomic E-state index is 12.9. The number of aromatic carboxylic acids is 1. The van der Waals surface area contributed by atoms with Crippen LogP contribution in [-0.2, 0) is 6.18 Å². The normalized spacial score (nSPS) is 12.3.